The average molecular weight is 306 g/mol. The Kier molecular flexibility index (Phi) is 4.04. The first-order valence-electron chi connectivity index (χ1n) is 5.46. The second-order valence-corrected chi connectivity index (χ2v) is 4.77. The molecule has 2 rings (SSSR count). The fourth-order valence-corrected chi connectivity index (χ4v) is 1.68. The number of carbonyl (C=O) groups excluding carboxylic acids is 1. The van der Waals surface area contributed by atoms with Crippen LogP contribution in [0.3, 0.4) is 0 Å². The molecule has 0 radical (unpaired) electrons. The number of Topliss-reactive ketones (excluding diaryl/α,β-unsaturated/α-hetero) is 1. The summed E-state index contributed by atoms with van der Waals surface area (Å²) in [5, 5.41) is 2.85. The lowest BCUT2D eigenvalue weighted by Gasteiger charge is -2.04. The number of anilines is 1. The molecular formula is C13H12BrN3O. The Hall–Kier alpha value is -1.75. The molecule has 18 heavy (non-hydrogen) atoms. The van der Waals surface area contributed by atoms with Crippen molar-refractivity contribution in [3.8, 4) is 11.1 Å². The minimum Gasteiger partial charge on any atom is -0.347 e. The second kappa shape index (κ2) is 5.73. The van der Waals surface area contributed by atoms with Crippen molar-refractivity contribution in [2.24, 2.45) is 0 Å². The van der Waals surface area contributed by atoms with Crippen molar-refractivity contribution in [2.75, 3.05) is 11.9 Å². The van der Waals surface area contributed by atoms with Gasteiger partial charge in [0, 0.05) is 22.4 Å². The molecule has 0 saturated carbocycles. The second-order valence-electron chi connectivity index (χ2n) is 3.86. The van der Waals surface area contributed by atoms with E-state index in [4.69, 9.17) is 0 Å². The van der Waals surface area contributed by atoms with E-state index < -0.39 is 0 Å². The number of rotatable bonds is 4. The zero-order chi connectivity index (χ0) is 13.0. The molecule has 0 unspecified atom stereocenters. The molecule has 4 nitrogen and oxygen atoms in total. The predicted octanol–water partition coefficient (Wildman–Crippen LogP) is 2.91. The average Bonchev–Trinajstić information content (AvgIpc) is 2.38. The van der Waals surface area contributed by atoms with E-state index in [9.17, 15) is 4.79 Å². The van der Waals surface area contributed by atoms with Crippen LogP contribution in [-0.2, 0) is 4.79 Å². The molecule has 5 heteroatoms. The Morgan fingerprint density at radius 2 is 1.78 bits per heavy atom. The fraction of sp³-hybridized carbons (Fsp3) is 0.154. The van der Waals surface area contributed by atoms with Crippen LogP contribution in [-0.4, -0.2) is 22.3 Å². The summed E-state index contributed by atoms with van der Waals surface area (Å²) in [4.78, 5) is 19.1. The number of aromatic nitrogens is 2. The highest BCUT2D eigenvalue weighted by molar-refractivity contribution is 9.10. The number of carbonyl (C=O) groups is 1. The van der Waals surface area contributed by atoms with Crippen LogP contribution in [0.4, 0.5) is 5.95 Å². The van der Waals surface area contributed by atoms with Gasteiger partial charge in [0.05, 0.1) is 6.54 Å². The Labute approximate surface area is 114 Å². The molecule has 1 aromatic carbocycles. The van der Waals surface area contributed by atoms with Gasteiger partial charge in [-0.2, -0.15) is 0 Å². The number of nitrogens with zero attached hydrogens (tertiary/aromatic N) is 2. The molecule has 92 valence electrons. The normalized spacial score (nSPS) is 10.1. The fourth-order valence-electron chi connectivity index (χ4n) is 1.41. The zero-order valence-electron chi connectivity index (χ0n) is 9.85. The number of halogens is 1. The maximum atomic E-state index is 10.8. The molecule has 0 aliphatic carbocycles. The molecular weight excluding hydrogens is 294 g/mol. The summed E-state index contributed by atoms with van der Waals surface area (Å²) in [6, 6.07) is 7.92. The van der Waals surface area contributed by atoms with Crippen LogP contribution >= 0.6 is 15.9 Å². The van der Waals surface area contributed by atoms with Gasteiger partial charge in [-0.3, -0.25) is 4.79 Å². The predicted molar refractivity (Wildman–Crippen MR) is 74.3 cm³/mol. The maximum Gasteiger partial charge on any atom is 0.222 e. The van der Waals surface area contributed by atoms with Gasteiger partial charge >= 0.3 is 0 Å². The summed E-state index contributed by atoms with van der Waals surface area (Å²) in [7, 11) is 0. The minimum atomic E-state index is 0.0515. The van der Waals surface area contributed by atoms with Gasteiger partial charge in [-0.15, -0.1) is 0 Å². The third-order valence-corrected chi connectivity index (χ3v) is 2.85. The van der Waals surface area contributed by atoms with Crippen LogP contribution in [0.2, 0.25) is 0 Å². The molecule has 0 atom stereocenters. The Balaban J connectivity index is 2.12. The molecule has 0 amide bonds. The molecule has 2 aromatic rings. The summed E-state index contributed by atoms with van der Waals surface area (Å²) in [6.07, 6.45) is 3.47. The molecule has 1 heterocycles. The molecule has 1 N–H and O–H groups in total. The summed E-state index contributed by atoms with van der Waals surface area (Å²) >= 11 is 3.39. The van der Waals surface area contributed by atoms with Gasteiger partial charge in [0.15, 0.2) is 0 Å². The van der Waals surface area contributed by atoms with Crippen LogP contribution < -0.4 is 5.32 Å². The molecule has 1 aromatic heterocycles. The molecule has 0 aliphatic heterocycles. The minimum absolute atomic E-state index is 0.0515. The van der Waals surface area contributed by atoms with Crippen molar-refractivity contribution in [1.29, 1.82) is 0 Å². The number of hydrogen-bond acceptors (Lipinski definition) is 4. The smallest absolute Gasteiger partial charge is 0.222 e. The third-order valence-electron chi connectivity index (χ3n) is 2.32. The number of ketones is 1. The highest BCUT2D eigenvalue weighted by Gasteiger charge is 2.01. The van der Waals surface area contributed by atoms with Gasteiger partial charge in [-0.05, 0) is 24.6 Å². The first-order valence-corrected chi connectivity index (χ1v) is 6.26. The maximum absolute atomic E-state index is 10.8. The lowest BCUT2D eigenvalue weighted by molar-refractivity contribution is -0.115. The topological polar surface area (TPSA) is 54.9 Å². The number of benzene rings is 1. The van der Waals surface area contributed by atoms with Crippen LogP contribution in [0, 0.1) is 0 Å². The van der Waals surface area contributed by atoms with Crippen LogP contribution in [0.1, 0.15) is 6.92 Å². The molecule has 0 fully saturated rings. The van der Waals surface area contributed by atoms with Crippen LogP contribution in [0.5, 0.6) is 0 Å². The van der Waals surface area contributed by atoms with Crippen LogP contribution in [0.25, 0.3) is 11.1 Å². The number of nitrogens with one attached hydrogen (secondary N) is 1. The Morgan fingerprint density at radius 1 is 1.17 bits per heavy atom. The van der Waals surface area contributed by atoms with Crippen molar-refractivity contribution in [2.45, 2.75) is 6.92 Å². The number of hydrogen-bond donors (Lipinski definition) is 1. The Bertz CT molecular complexity index is 537. The van der Waals surface area contributed by atoms with Crippen molar-refractivity contribution < 1.29 is 4.79 Å². The van der Waals surface area contributed by atoms with E-state index in [-0.39, 0.29) is 12.3 Å². The molecule has 0 saturated heterocycles. The zero-order valence-corrected chi connectivity index (χ0v) is 11.4. The summed E-state index contributed by atoms with van der Waals surface area (Å²) in [5.74, 6) is 0.515. The first-order chi connectivity index (χ1) is 8.65. The molecule has 0 bridgehead atoms. The van der Waals surface area contributed by atoms with E-state index in [2.05, 4.69) is 31.2 Å². The summed E-state index contributed by atoms with van der Waals surface area (Å²) in [6.45, 7) is 1.76. The lowest BCUT2D eigenvalue weighted by Crippen LogP contribution is -2.11. The summed E-state index contributed by atoms with van der Waals surface area (Å²) in [5.41, 5.74) is 1.99. The molecule has 0 aliphatic rings. The van der Waals surface area contributed by atoms with Crippen LogP contribution in [0.15, 0.2) is 41.1 Å². The SMILES string of the molecule is CC(=O)CNc1ncc(-c2ccc(Br)cc2)cn1. The van der Waals surface area contributed by atoms with E-state index in [1.54, 1.807) is 12.4 Å². The standard InChI is InChI=1S/C13H12BrN3O/c1-9(18)6-15-13-16-7-11(8-17-13)10-2-4-12(14)5-3-10/h2-5,7-8H,6H2,1H3,(H,15,16,17). The third kappa shape index (κ3) is 3.37. The highest BCUT2D eigenvalue weighted by atomic mass is 79.9. The molecule has 0 spiro atoms. The van der Waals surface area contributed by atoms with Crippen molar-refractivity contribution in [3.63, 3.8) is 0 Å². The van der Waals surface area contributed by atoms with E-state index in [1.165, 1.54) is 6.92 Å². The summed E-state index contributed by atoms with van der Waals surface area (Å²) < 4.78 is 1.03. The quantitative estimate of drug-likeness (QED) is 0.943. The van der Waals surface area contributed by atoms with Crippen molar-refractivity contribution in [3.05, 3.63) is 41.1 Å². The van der Waals surface area contributed by atoms with E-state index in [0.29, 0.717) is 5.95 Å². The van der Waals surface area contributed by atoms with Gasteiger partial charge < -0.3 is 5.32 Å². The highest BCUT2D eigenvalue weighted by Crippen LogP contribution is 2.20. The van der Waals surface area contributed by atoms with Gasteiger partial charge in [0.25, 0.3) is 0 Å². The van der Waals surface area contributed by atoms with Gasteiger partial charge in [-0.25, -0.2) is 9.97 Å². The monoisotopic (exact) mass is 305 g/mol. The van der Waals surface area contributed by atoms with E-state index in [0.717, 1.165) is 15.6 Å². The van der Waals surface area contributed by atoms with E-state index in [1.807, 2.05) is 24.3 Å². The van der Waals surface area contributed by atoms with Crippen molar-refractivity contribution in [1.82, 2.24) is 9.97 Å². The van der Waals surface area contributed by atoms with Crippen molar-refractivity contribution >= 4 is 27.7 Å². The Morgan fingerprint density at radius 3 is 2.33 bits per heavy atom. The lowest BCUT2D eigenvalue weighted by atomic mass is 10.1. The first kappa shape index (κ1) is 12.7. The van der Waals surface area contributed by atoms with E-state index >= 15 is 0 Å². The van der Waals surface area contributed by atoms with Gasteiger partial charge in [0.1, 0.15) is 5.78 Å². The van der Waals surface area contributed by atoms with Gasteiger partial charge in [-0.1, -0.05) is 28.1 Å². The largest absolute Gasteiger partial charge is 0.347 e. The van der Waals surface area contributed by atoms with Gasteiger partial charge in [0.2, 0.25) is 5.95 Å².